The van der Waals surface area contributed by atoms with Gasteiger partial charge in [-0.3, -0.25) is 0 Å². The van der Waals surface area contributed by atoms with Crippen LogP contribution in [0.2, 0.25) is 0 Å². The van der Waals surface area contributed by atoms with Crippen LogP contribution in [0.4, 0.5) is 5.13 Å². The second-order valence-electron chi connectivity index (χ2n) is 5.71. The average Bonchev–Trinajstić information content (AvgIpc) is 2.82. The number of hydrogen-bond donors (Lipinski definition) is 1. The predicted molar refractivity (Wildman–Crippen MR) is 84.0 cm³/mol. The van der Waals surface area contributed by atoms with Crippen LogP contribution in [-0.4, -0.2) is 11.5 Å². The summed E-state index contributed by atoms with van der Waals surface area (Å²) in [5.74, 6) is 0.942. The number of aryl methyl sites for hydroxylation is 1. The molecule has 1 heterocycles. The minimum atomic E-state index is 0.942. The molecule has 0 spiro atoms. The Morgan fingerprint density at radius 2 is 2.11 bits per heavy atom. The molecule has 2 nitrogen and oxygen atoms in total. The van der Waals surface area contributed by atoms with E-state index in [4.69, 9.17) is 0 Å². The summed E-state index contributed by atoms with van der Waals surface area (Å²) < 4.78 is 1.29. The second kappa shape index (κ2) is 5.91. The van der Waals surface area contributed by atoms with Crippen molar-refractivity contribution in [1.82, 2.24) is 4.98 Å². The molecule has 3 heteroatoms. The number of aromatic nitrogens is 1. The van der Waals surface area contributed by atoms with Gasteiger partial charge in [-0.25, -0.2) is 4.98 Å². The Bertz CT molecular complexity index is 541. The highest BCUT2D eigenvalue weighted by molar-refractivity contribution is 7.22. The first kappa shape index (κ1) is 12.9. The molecule has 0 atom stereocenters. The number of fused-ring (bicyclic) bond motifs is 1. The van der Waals surface area contributed by atoms with E-state index in [1.807, 2.05) is 0 Å². The van der Waals surface area contributed by atoms with Crippen molar-refractivity contribution in [2.45, 2.75) is 45.4 Å². The smallest absolute Gasteiger partial charge is 0.183 e. The molecule has 1 N–H and O–H groups in total. The van der Waals surface area contributed by atoms with Gasteiger partial charge in [-0.15, -0.1) is 0 Å². The van der Waals surface area contributed by atoms with Crippen molar-refractivity contribution in [1.29, 1.82) is 0 Å². The number of thiazole rings is 1. The van der Waals surface area contributed by atoms with Gasteiger partial charge < -0.3 is 5.32 Å². The Kier molecular flexibility index (Phi) is 4.02. The minimum absolute atomic E-state index is 0.942. The maximum absolute atomic E-state index is 4.64. The van der Waals surface area contributed by atoms with Crippen molar-refractivity contribution in [2.24, 2.45) is 5.92 Å². The third kappa shape index (κ3) is 3.27. The number of nitrogens with one attached hydrogen (secondary N) is 1. The van der Waals surface area contributed by atoms with E-state index in [0.29, 0.717) is 0 Å². The Labute approximate surface area is 119 Å². The molecule has 102 valence electrons. The minimum Gasteiger partial charge on any atom is -0.361 e. The quantitative estimate of drug-likeness (QED) is 0.850. The van der Waals surface area contributed by atoms with Gasteiger partial charge in [-0.05, 0) is 37.0 Å². The average molecular weight is 274 g/mol. The molecule has 1 fully saturated rings. The Morgan fingerprint density at radius 3 is 2.95 bits per heavy atom. The van der Waals surface area contributed by atoms with E-state index in [9.17, 15) is 0 Å². The summed E-state index contributed by atoms with van der Waals surface area (Å²) in [5.41, 5.74) is 2.43. The molecule has 1 aromatic heterocycles. The summed E-state index contributed by atoms with van der Waals surface area (Å²) in [5, 5.41) is 4.59. The summed E-state index contributed by atoms with van der Waals surface area (Å²) >= 11 is 1.78. The van der Waals surface area contributed by atoms with Crippen molar-refractivity contribution in [3.63, 3.8) is 0 Å². The van der Waals surface area contributed by atoms with E-state index >= 15 is 0 Å². The molecule has 0 saturated heterocycles. The van der Waals surface area contributed by atoms with Crippen LogP contribution in [0, 0.1) is 12.8 Å². The summed E-state index contributed by atoms with van der Waals surface area (Å²) in [7, 11) is 0. The zero-order valence-electron chi connectivity index (χ0n) is 11.6. The Hall–Kier alpha value is -1.09. The van der Waals surface area contributed by atoms with E-state index < -0.39 is 0 Å². The van der Waals surface area contributed by atoms with E-state index in [1.54, 1.807) is 11.3 Å². The second-order valence-corrected chi connectivity index (χ2v) is 6.74. The van der Waals surface area contributed by atoms with E-state index in [2.05, 4.69) is 35.4 Å². The van der Waals surface area contributed by atoms with Gasteiger partial charge in [0.2, 0.25) is 0 Å². The lowest BCUT2D eigenvalue weighted by Crippen LogP contribution is -2.11. The van der Waals surface area contributed by atoms with Crippen LogP contribution in [0.3, 0.4) is 0 Å². The molecule has 3 rings (SSSR count). The van der Waals surface area contributed by atoms with Gasteiger partial charge in [-0.2, -0.15) is 0 Å². The lowest BCUT2D eigenvalue weighted by atomic mass is 9.87. The van der Waals surface area contributed by atoms with Crippen molar-refractivity contribution in [2.75, 3.05) is 11.9 Å². The number of nitrogens with zero attached hydrogens (tertiary/aromatic N) is 1. The SMILES string of the molecule is Cc1ccc2nc(NCCC3CCCCC3)sc2c1. The molecular weight excluding hydrogens is 252 g/mol. The van der Waals surface area contributed by atoms with Gasteiger partial charge in [0.25, 0.3) is 0 Å². The van der Waals surface area contributed by atoms with Gasteiger partial charge >= 0.3 is 0 Å². The molecule has 0 aliphatic heterocycles. The molecule has 0 radical (unpaired) electrons. The molecule has 1 aromatic carbocycles. The monoisotopic (exact) mass is 274 g/mol. The third-order valence-corrected chi connectivity index (χ3v) is 5.07. The largest absolute Gasteiger partial charge is 0.361 e. The van der Waals surface area contributed by atoms with Crippen LogP contribution in [0.1, 0.15) is 44.1 Å². The number of rotatable bonds is 4. The van der Waals surface area contributed by atoms with Crippen molar-refractivity contribution < 1.29 is 0 Å². The van der Waals surface area contributed by atoms with Crippen molar-refractivity contribution in [3.05, 3.63) is 23.8 Å². The third-order valence-electron chi connectivity index (χ3n) is 4.10. The number of anilines is 1. The van der Waals surface area contributed by atoms with E-state index in [1.165, 1.54) is 48.8 Å². The maximum Gasteiger partial charge on any atom is 0.183 e. The molecule has 1 aliphatic carbocycles. The fraction of sp³-hybridized carbons (Fsp3) is 0.562. The molecular formula is C16H22N2S. The first-order valence-corrected chi connectivity index (χ1v) is 8.24. The fourth-order valence-electron chi connectivity index (χ4n) is 2.97. The summed E-state index contributed by atoms with van der Waals surface area (Å²) in [4.78, 5) is 4.64. The van der Waals surface area contributed by atoms with Gasteiger partial charge in [0.1, 0.15) is 0 Å². The van der Waals surface area contributed by atoms with Crippen LogP contribution in [0.25, 0.3) is 10.2 Å². The Morgan fingerprint density at radius 1 is 1.26 bits per heavy atom. The summed E-state index contributed by atoms with van der Waals surface area (Å²) in [6.45, 7) is 3.21. The fourth-order valence-corrected chi connectivity index (χ4v) is 3.96. The predicted octanol–water partition coefficient (Wildman–Crippen LogP) is 4.99. The molecule has 1 saturated carbocycles. The van der Waals surface area contributed by atoms with E-state index in [0.717, 1.165) is 23.1 Å². The molecule has 19 heavy (non-hydrogen) atoms. The highest BCUT2D eigenvalue weighted by Gasteiger charge is 2.13. The van der Waals surface area contributed by atoms with Gasteiger partial charge in [0, 0.05) is 6.54 Å². The first-order chi connectivity index (χ1) is 9.31. The van der Waals surface area contributed by atoms with Gasteiger partial charge in [-0.1, -0.05) is 49.5 Å². The van der Waals surface area contributed by atoms with E-state index in [-0.39, 0.29) is 0 Å². The van der Waals surface area contributed by atoms with Crippen LogP contribution in [0.5, 0.6) is 0 Å². The molecule has 0 unspecified atom stereocenters. The summed E-state index contributed by atoms with van der Waals surface area (Å²) in [6.07, 6.45) is 8.48. The number of hydrogen-bond acceptors (Lipinski definition) is 3. The van der Waals surface area contributed by atoms with Crippen LogP contribution in [0.15, 0.2) is 18.2 Å². The van der Waals surface area contributed by atoms with Crippen LogP contribution >= 0.6 is 11.3 Å². The van der Waals surface area contributed by atoms with Crippen LogP contribution < -0.4 is 5.32 Å². The zero-order chi connectivity index (χ0) is 13.1. The summed E-state index contributed by atoms with van der Waals surface area (Å²) in [6, 6.07) is 6.47. The van der Waals surface area contributed by atoms with Gasteiger partial charge in [0.05, 0.1) is 10.2 Å². The standard InChI is InChI=1S/C16H22N2S/c1-12-7-8-14-15(11-12)19-16(18-14)17-10-9-13-5-3-2-4-6-13/h7-8,11,13H,2-6,9-10H2,1H3,(H,17,18). The number of benzene rings is 1. The highest BCUT2D eigenvalue weighted by atomic mass is 32.1. The lowest BCUT2D eigenvalue weighted by molar-refractivity contribution is 0.345. The molecule has 0 bridgehead atoms. The Balaban J connectivity index is 1.56. The normalized spacial score (nSPS) is 16.9. The molecule has 1 aliphatic rings. The topological polar surface area (TPSA) is 24.9 Å². The van der Waals surface area contributed by atoms with Crippen molar-refractivity contribution >= 4 is 26.7 Å². The van der Waals surface area contributed by atoms with Crippen LogP contribution in [-0.2, 0) is 0 Å². The highest BCUT2D eigenvalue weighted by Crippen LogP contribution is 2.28. The lowest BCUT2D eigenvalue weighted by Gasteiger charge is -2.21. The molecule has 2 aromatic rings. The zero-order valence-corrected chi connectivity index (χ0v) is 12.4. The van der Waals surface area contributed by atoms with Gasteiger partial charge in [0.15, 0.2) is 5.13 Å². The van der Waals surface area contributed by atoms with Crippen molar-refractivity contribution in [3.8, 4) is 0 Å². The maximum atomic E-state index is 4.64. The first-order valence-electron chi connectivity index (χ1n) is 7.42. The molecule has 0 amide bonds.